The van der Waals surface area contributed by atoms with Crippen LogP contribution in [0.2, 0.25) is 0 Å². The molecule has 0 aliphatic carbocycles. The van der Waals surface area contributed by atoms with Crippen molar-refractivity contribution in [3.8, 4) is 0 Å². The number of rotatable bonds is 3. The van der Waals surface area contributed by atoms with Gasteiger partial charge in [-0.05, 0) is 55.7 Å². The number of aliphatic hydroxyl groups is 3. The van der Waals surface area contributed by atoms with E-state index in [9.17, 15) is 24.9 Å². The summed E-state index contributed by atoms with van der Waals surface area (Å²) in [4.78, 5) is 31.3. The number of aliphatic hydroxyl groups excluding tert-OH is 1. The highest BCUT2D eigenvalue weighted by molar-refractivity contribution is 5.83. The third kappa shape index (κ3) is 6.81. The van der Waals surface area contributed by atoms with Gasteiger partial charge in [-0.3, -0.25) is 14.6 Å². The summed E-state index contributed by atoms with van der Waals surface area (Å²) in [6.07, 6.45) is 3.13. The van der Waals surface area contributed by atoms with Crippen LogP contribution >= 0.6 is 0 Å². The van der Waals surface area contributed by atoms with Gasteiger partial charge in [0.15, 0.2) is 0 Å². The Hall–Kier alpha value is -2.61. The summed E-state index contributed by atoms with van der Waals surface area (Å²) in [6, 6.07) is 9.78. The van der Waals surface area contributed by atoms with Gasteiger partial charge in [-0.1, -0.05) is 71.9 Å². The number of nitrogens with zero attached hydrogens (tertiary/aromatic N) is 1. The zero-order valence-corrected chi connectivity index (χ0v) is 25.2. The fourth-order valence-corrected chi connectivity index (χ4v) is 6.06. The van der Waals surface area contributed by atoms with Crippen LogP contribution in [0.3, 0.4) is 0 Å². The number of hydrogen-bond donors (Lipinski definition) is 3. The van der Waals surface area contributed by atoms with Gasteiger partial charge in [0.1, 0.15) is 17.5 Å². The molecule has 40 heavy (non-hydrogen) atoms. The minimum atomic E-state index is -1.91. The number of cyclic esters (lactones) is 1. The van der Waals surface area contributed by atoms with E-state index < -0.39 is 47.1 Å². The molecule has 3 N–H and O–H groups in total. The number of benzene rings is 1. The van der Waals surface area contributed by atoms with Crippen molar-refractivity contribution >= 4 is 28.7 Å². The van der Waals surface area contributed by atoms with Crippen molar-refractivity contribution < 1.29 is 29.6 Å². The standard InChI is InChI=1S/C33H47NO6/c1-19-17-32(7,38)24(6)21(3)20(2)22(4)31(37)40-28(33(8,39)30(36)23(5)29(19)35)15-11-12-25-16-26-13-9-10-14-27(26)34-18-25/h9-14,16,18-24,28,30,36,38-39H,15,17H2,1-8H3/b12-11+/t19-,20+,21+,22-,23+,24-,28-,30-,32-,33-/m1/s1. The number of ketones is 1. The molecule has 7 heteroatoms. The van der Waals surface area contributed by atoms with Crippen LogP contribution in [0.5, 0.6) is 0 Å². The summed E-state index contributed by atoms with van der Waals surface area (Å²) in [6.45, 7) is 14.2. The summed E-state index contributed by atoms with van der Waals surface area (Å²) in [5.41, 5.74) is -1.34. The van der Waals surface area contributed by atoms with Gasteiger partial charge in [0.25, 0.3) is 0 Å². The molecule has 0 bridgehead atoms. The maximum atomic E-state index is 13.4. The van der Waals surface area contributed by atoms with Crippen LogP contribution in [-0.2, 0) is 14.3 Å². The van der Waals surface area contributed by atoms with Crippen LogP contribution in [-0.4, -0.2) is 55.5 Å². The first-order valence-corrected chi connectivity index (χ1v) is 14.5. The lowest BCUT2D eigenvalue weighted by Crippen LogP contribution is -2.56. The Morgan fingerprint density at radius 3 is 2.33 bits per heavy atom. The zero-order chi connectivity index (χ0) is 30.0. The van der Waals surface area contributed by atoms with Crippen molar-refractivity contribution in [2.75, 3.05) is 0 Å². The molecule has 0 amide bonds. The van der Waals surface area contributed by atoms with Gasteiger partial charge < -0.3 is 20.1 Å². The first-order chi connectivity index (χ1) is 18.6. The fourth-order valence-electron chi connectivity index (χ4n) is 6.06. The Balaban J connectivity index is 1.95. The largest absolute Gasteiger partial charge is 0.459 e. The Bertz CT molecular complexity index is 1220. The van der Waals surface area contributed by atoms with Crippen LogP contribution in [0.1, 0.15) is 73.8 Å². The maximum absolute atomic E-state index is 13.4. The highest BCUT2D eigenvalue weighted by Crippen LogP contribution is 2.39. The van der Waals surface area contributed by atoms with Gasteiger partial charge in [0.2, 0.25) is 0 Å². The van der Waals surface area contributed by atoms with Gasteiger partial charge >= 0.3 is 5.97 Å². The summed E-state index contributed by atoms with van der Waals surface area (Å²) in [7, 11) is 0. The molecular weight excluding hydrogens is 506 g/mol. The molecule has 2 heterocycles. The van der Waals surface area contributed by atoms with Crippen molar-refractivity contribution in [1.82, 2.24) is 4.98 Å². The molecule has 1 aromatic carbocycles. The topological polar surface area (TPSA) is 117 Å². The first-order valence-electron chi connectivity index (χ1n) is 14.5. The molecule has 1 aliphatic heterocycles. The second kappa shape index (κ2) is 12.5. The number of fused-ring (bicyclic) bond motifs is 1. The summed E-state index contributed by atoms with van der Waals surface area (Å²) < 4.78 is 5.93. The number of para-hydroxylation sites is 1. The number of esters is 1. The van der Waals surface area contributed by atoms with Crippen LogP contribution in [0.25, 0.3) is 17.0 Å². The van der Waals surface area contributed by atoms with E-state index in [1.54, 1.807) is 40.0 Å². The molecule has 0 saturated carbocycles. The predicted molar refractivity (Wildman–Crippen MR) is 157 cm³/mol. The average Bonchev–Trinajstić information content (AvgIpc) is 2.92. The van der Waals surface area contributed by atoms with E-state index in [0.29, 0.717) is 0 Å². The SMILES string of the molecule is C[C@H]1[C@H](C)[C@@H](C)C(=O)O[C@H](C/C=C/c2cnc3ccccc3c2)[C@@](C)(O)[C@H](O)[C@@H](C)C(=O)[C@H](C)C[C@@](C)(O)[C@@H]1C. The molecule has 2 aromatic rings. The highest BCUT2D eigenvalue weighted by atomic mass is 16.6. The molecule has 1 saturated heterocycles. The normalized spacial score (nSPS) is 38.8. The molecule has 10 atom stereocenters. The lowest BCUT2D eigenvalue weighted by molar-refractivity contribution is -0.191. The van der Waals surface area contributed by atoms with E-state index >= 15 is 0 Å². The van der Waals surface area contributed by atoms with Gasteiger partial charge in [-0.15, -0.1) is 0 Å². The van der Waals surface area contributed by atoms with E-state index in [1.165, 1.54) is 6.92 Å². The van der Waals surface area contributed by atoms with E-state index in [0.717, 1.165) is 16.5 Å². The zero-order valence-electron chi connectivity index (χ0n) is 25.2. The third-order valence-electron chi connectivity index (χ3n) is 9.67. The highest BCUT2D eigenvalue weighted by Gasteiger charge is 2.48. The number of ether oxygens (including phenoxy) is 1. The predicted octanol–water partition coefficient (Wildman–Crippen LogP) is 5.20. The minimum Gasteiger partial charge on any atom is -0.459 e. The Labute approximate surface area is 238 Å². The number of carbonyl (C=O) groups excluding carboxylic acids is 2. The molecular formula is C33H47NO6. The Morgan fingerprint density at radius 2 is 1.65 bits per heavy atom. The second-order valence-electron chi connectivity index (χ2n) is 12.6. The van der Waals surface area contributed by atoms with Gasteiger partial charge in [-0.2, -0.15) is 0 Å². The van der Waals surface area contributed by atoms with E-state index in [-0.39, 0.29) is 36.4 Å². The number of hydrogen-bond acceptors (Lipinski definition) is 7. The van der Waals surface area contributed by atoms with Crippen molar-refractivity contribution in [3.05, 3.63) is 48.2 Å². The number of carbonyl (C=O) groups is 2. The molecule has 3 rings (SSSR count). The van der Waals surface area contributed by atoms with Crippen molar-refractivity contribution in [2.24, 2.45) is 35.5 Å². The van der Waals surface area contributed by atoms with Crippen LogP contribution < -0.4 is 0 Å². The minimum absolute atomic E-state index is 0.0509. The van der Waals surface area contributed by atoms with Gasteiger partial charge in [0, 0.05) is 29.8 Å². The Kier molecular flexibility index (Phi) is 9.97. The molecule has 0 radical (unpaired) electrons. The molecule has 1 fully saturated rings. The van der Waals surface area contributed by atoms with E-state index in [1.807, 2.05) is 57.2 Å². The molecule has 1 aliphatic rings. The van der Waals surface area contributed by atoms with Gasteiger partial charge in [0.05, 0.1) is 23.1 Å². The summed E-state index contributed by atoms with van der Waals surface area (Å²) in [5, 5.41) is 35.2. The summed E-state index contributed by atoms with van der Waals surface area (Å²) in [5.74, 6) is -3.14. The summed E-state index contributed by atoms with van der Waals surface area (Å²) >= 11 is 0. The van der Waals surface area contributed by atoms with Crippen molar-refractivity contribution in [1.29, 1.82) is 0 Å². The third-order valence-corrected chi connectivity index (χ3v) is 9.67. The van der Waals surface area contributed by atoms with Gasteiger partial charge in [-0.25, -0.2) is 0 Å². The molecule has 0 spiro atoms. The van der Waals surface area contributed by atoms with Crippen molar-refractivity contribution in [2.45, 2.75) is 91.6 Å². The van der Waals surface area contributed by atoms with Crippen LogP contribution in [0.4, 0.5) is 0 Å². The van der Waals surface area contributed by atoms with Crippen molar-refractivity contribution in [3.63, 3.8) is 0 Å². The molecule has 220 valence electrons. The van der Waals surface area contributed by atoms with E-state index in [4.69, 9.17) is 4.74 Å². The molecule has 7 nitrogen and oxygen atoms in total. The molecule has 1 aromatic heterocycles. The number of pyridine rings is 1. The number of Topliss-reactive ketones (excluding diaryl/α,β-unsaturated/α-hetero) is 1. The first kappa shape index (κ1) is 31.9. The van der Waals surface area contributed by atoms with Crippen LogP contribution in [0, 0.1) is 35.5 Å². The quantitative estimate of drug-likeness (QED) is 0.447. The lowest BCUT2D eigenvalue weighted by atomic mass is 9.68. The lowest BCUT2D eigenvalue weighted by Gasteiger charge is -2.42. The second-order valence-corrected chi connectivity index (χ2v) is 12.6. The Morgan fingerprint density at radius 1 is 1.00 bits per heavy atom. The van der Waals surface area contributed by atoms with Crippen LogP contribution in [0.15, 0.2) is 42.6 Å². The fraction of sp³-hybridized carbons (Fsp3) is 0.606. The van der Waals surface area contributed by atoms with E-state index in [2.05, 4.69) is 4.98 Å². The monoisotopic (exact) mass is 553 g/mol. The number of aromatic nitrogens is 1. The average molecular weight is 554 g/mol. The maximum Gasteiger partial charge on any atom is 0.309 e. The molecule has 0 unspecified atom stereocenters. The smallest absolute Gasteiger partial charge is 0.309 e.